The summed E-state index contributed by atoms with van der Waals surface area (Å²) >= 11 is 0. The highest BCUT2D eigenvalue weighted by Crippen LogP contribution is 2.31. The monoisotopic (exact) mass is 233 g/mol. The molecule has 0 aromatic heterocycles. The molecule has 0 saturated heterocycles. The van der Waals surface area contributed by atoms with Gasteiger partial charge in [0.05, 0.1) is 0 Å². The van der Waals surface area contributed by atoms with E-state index in [0.29, 0.717) is 5.92 Å². The van der Waals surface area contributed by atoms with E-state index in [1.807, 2.05) is 12.2 Å². The molecular formula is C16H27N. The van der Waals surface area contributed by atoms with Crippen LogP contribution in [0.5, 0.6) is 0 Å². The van der Waals surface area contributed by atoms with E-state index >= 15 is 0 Å². The molecule has 2 unspecified atom stereocenters. The summed E-state index contributed by atoms with van der Waals surface area (Å²) < 4.78 is 0. The number of rotatable bonds is 7. The van der Waals surface area contributed by atoms with Crippen molar-refractivity contribution in [2.24, 2.45) is 17.1 Å². The zero-order valence-corrected chi connectivity index (χ0v) is 11.7. The molecule has 1 heteroatoms. The standard InChI is InChI=1S/C16H27N/c1-7-9-11-15(10-8-2)13(3)12-16(5,6)14(4)17/h7-11,13-14H,1-2,12,17H2,3-6H3/b11-9-,15-10+. The molecule has 0 bridgehead atoms. The summed E-state index contributed by atoms with van der Waals surface area (Å²) in [5.41, 5.74) is 7.43. The molecule has 1 nitrogen and oxygen atoms in total. The number of nitrogens with two attached hydrogens (primary N) is 1. The van der Waals surface area contributed by atoms with Gasteiger partial charge < -0.3 is 5.73 Å². The average molecular weight is 233 g/mol. The van der Waals surface area contributed by atoms with Crippen molar-refractivity contribution in [2.75, 3.05) is 0 Å². The summed E-state index contributed by atoms with van der Waals surface area (Å²) in [7, 11) is 0. The van der Waals surface area contributed by atoms with Crippen LogP contribution in [0, 0.1) is 11.3 Å². The van der Waals surface area contributed by atoms with Gasteiger partial charge in [0.2, 0.25) is 0 Å². The summed E-state index contributed by atoms with van der Waals surface area (Å²) in [4.78, 5) is 0. The van der Waals surface area contributed by atoms with E-state index in [9.17, 15) is 0 Å². The maximum atomic E-state index is 6.02. The smallest absolute Gasteiger partial charge is 0.00619 e. The topological polar surface area (TPSA) is 26.0 Å². The Labute approximate surface area is 107 Å². The van der Waals surface area contributed by atoms with Crippen LogP contribution in [0.3, 0.4) is 0 Å². The first-order valence-electron chi connectivity index (χ1n) is 6.22. The molecule has 0 heterocycles. The van der Waals surface area contributed by atoms with Crippen LogP contribution in [0.15, 0.2) is 49.1 Å². The van der Waals surface area contributed by atoms with E-state index in [-0.39, 0.29) is 11.5 Å². The van der Waals surface area contributed by atoms with Crippen molar-refractivity contribution < 1.29 is 0 Å². The number of hydrogen-bond acceptors (Lipinski definition) is 1. The third kappa shape index (κ3) is 5.69. The number of hydrogen-bond donors (Lipinski definition) is 1. The molecule has 0 aromatic rings. The average Bonchev–Trinajstić information content (AvgIpc) is 2.23. The quantitative estimate of drug-likeness (QED) is 0.654. The molecule has 0 aromatic carbocycles. The second kappa shape index (κ2) is 7.29. The van der Waals surface area contributed by atoms with Gasteiger partial charge >= 0.3 is 0 Å². The van der Waals surface area contributed by atoms with Crippen molar-refractivity contribution in [1.82, 2.24) is 0 Å². The first kappa shape index (κ1) is 15.9. The van der Waals surface area contributed by atoms with Crippen LogP contribution in [0.4, 0.5) is 0 Å². The first-order chi connectivity index (χ1) is 7.85. The minimum atomic E-state index is 0.141. The van der Waals surface area contributed by atoms with Crippen molar-refractivity contribution in [3.05, 3.63) is 49.1 Å². The highest BCUT2D eigenvalue weighted by molar-refractivity contribution is 5.27. The van der Waals surface area contributed by atoms with E-state index in [4.69, 9.17) is 5.73 Å². The molecule has 2 atom stereocenters. The van der Waals surface area contributed by atoms with Crippen molar-refractivity contribution in [1.29, 1.82) is 0 Å². The molecule has 0 rings (SSSR count). The van der Waals surface area contributed by atoms with Gasteiger partial charge in [0.15, 0.2) is 0 Å². The Kier molecular flexibility index (Phi) is 6.82. The molecule has 0 aliphatic carbocycles. The molecule has 0 saturated carbocycles. The van der Waals surface area contributed by atoms with Crippen LogP contribution in [0.25, 0.3) is 0 Å². The van der Waals surface area contributed by atoms with Gasteiger partial charge in [-0.2, -0.15) is 0 Å². The minimum absolute atomic E-state index is 0.141. The van der Waals surface area contributed by atoms with Crippen molar-refractivity contribution in [2.45, 2.75) is 40.2 Å². The van der Waals surface area contributed by atoms with Crippen LogP contribution in [-0.2, 0) is 0 Å². The zero-order chi connectivity index (χ0) is 13.5. The fourth-order valence-electron chi connectivity index (χ4n) is 1.79. The summed E-state index contributed by atoms with van der Waals surface area (Å²) in [5, 5.41) is 0. The van der Waals surface area contributed by atoms with Gasteiger partial charge in [-0.1, -0.05) is 64.3 Å². The lowest BCUT2D eigenvalue weighted by Gasteiger charge is -2.32. The lowest BCUT2D eigenvalue weighted by atomic mass is 9.76. The third-order valence-electron chi connectivity index (χ3n) is 3.37. The summed E-state index contributed by atoms with van der Waals surface area (Å²) in [6.45, 7) is 16.2. The van der Waals surface area contributed by atoms with Crippen LogP contribution >= 0.6 is 0 Å². The predicted octanol–water partition coefficient (Wildman–Crippen LogP) is 4.24. The molecule has 96 valence electrons. The Balaban J connectivity index is 4.81. The van der Waals surface area contributed by atoms with Gasteiger partial charge in [-0.25, -0.2) is 0 Å². The lowest BCUT2D eigenvalue weighted by Crippen LogP contribution is -2.35. The molecular weight excluding hydrogens is 206 g/mol. The first-order valence-corrected chi connectivity index (χ1v) is 6.22. The Hall–Kier alpha value is -1.08. The Morgan fingerprint density at radius 1 is 1.24 bits per heavy atom. The Morgan fingerprint density at radius 2 is 1.82 bits per heavy atom. The summed E-state index contributed by atoms with van der Waals surface area (Å²) in [5.74, 6) is 0.463. The van der Waals surface area contributed by atoms with Crippen molar-refractivity contribution in [3.63, 3.8) is 0 Å². The third-order valence-corrected chi connectivity index (χ3v) is 3.37. The highest BCUT2D eigenvalue weighted by atomic mass is 14.7. The fraction of sp³-hybridized carbons (Fsp3) is 0.500. The largest absolute Gasteiger partial charge is 0.327 e. The van der Waals surface area contributed by atoms with Crippen molar-refractivity contribution in [3.8, 4) is 0 Å². The molecule has 0 aliphatic heterocycles. The molecule has 0 spiro atoms. The molecule has 0 amide bonds. The van der Waals surface area contributed by atoms with E-state index in [1.165, 1.54) is 5.57 Å². The van der Waals surface area contributed by atoms with Gasteiger partial charge in [0.1, 0.15) is 0 Å². The highest BCUT2D eigenvalue weighted by Gasteiger charge is 2.25. The van der Waals surface area contributed by atoms with Crippen LogP contribution in [-0.4, -0.2) is 6.04 Å². The van der Waals surface area contributed by atoms with Gasteiger partial charge in [0.25, 0.3) is 0 Å². The van der Waals surface area contributed by atoms with Gasteiger partial charge in [-0.05, 0) is 30.3 Å². The predicted molar refractivity (Wildman–Crippen MR) is 78.8 cm³/mol. The van der Waals surface area contributed by atoms with Crippen molar-refractivity contribution >= 4 is 0 Å². The molecule has 0 fully saturated rings. The van der Waals surface area contributed by atoms with E-state index in [0.717, 1.165) is 6.42 Å². The van der Waals surface area contributed by atoms with Gasteiger partial charge in [0, 0.05) is 6.04 Å². The molecule has 17 heavy (non-hydrogen) atoms. The van der Waals surface area contributed by atoms with Crippen LogP contribution in [0.2, 0.25) is 0 Å². The van der Waals surface area contributed by atoms with Gasteiger partial charge in [-0.15, -0.1) is 0 Å². The lowest BCUT2D eigenvalue weighted by molar-refractivity contribution is 0.248. The second-order valence-electron chi connectivity index (χ2n) is 5.38. The SMILES string of the molecule is C=C/C=C\C(=C/C=C)C(C)CC(C)(C)C(C)N. The Bertz CT molecular complexity index is 305. The van der Waals surface area contributed by atoms with E-state index in [2.05, 4.69) is 53.0 Å². The second-order valence-corrected chi connectivity index (χ2v) is 5.38. The molecule has 2 N–H and O–H groups in total. The van der Waals surface area contributed by atoms with E-state index < -0.39 is 0 Å². The minimum Gasteiger partial charge on any atom is -0.327 e. The Morgan fingerprint density at radius 3 is 2.24 bits per heavy atom. The normalized spacial score (nSPS) is 16.9. The maximum Gasteiger partial charge on any atom is 0.00619 e. The number of allylic oxidation sites excluding steroid dienone is 6. The van der Waals surface area contributed by atoms with Gasteiger partial charge in [-0.3, -0.25) is 0 Å². The maximum absolute atomic E-state index is 6.02. The fourth-order valence-corrected chi connectivity index (χ4v) is 1.79. The zero-order valence-electron chi connectivity index (χ0n) is 11.7. The molecule has 0 aliphatic rings. The summed E-state index contributed by atoms with van der Waals surface area (Å²) in [6.07, 6.45) is 10.8. The van der Waals surface area contributed by atoms with Crippen LogP contribution < -0.4 is 5.73 Å². The van der Waals surface area contributed by atoms with Crippen LogP contribution in [0.1, 0.15) is 34.1 Å². The van der Waals surface area contributed by atoms with E-state index in [1.54, 1.807) is 6.08 Å². The molecule has 0 radical (unpaired) electrons. The summed E-state index contributed by atoms with van der Waals surface area (Å²) in [6, 6.07) is 0.193.